The summed E-state index contributed by atoms with van der Waals surface area (Å²) in [6, 6.07) is 13.9. The molecule has 39 heavy (non-hydrogen) atoms. The van der Waals surface area contributed by atoms with Crippen LogP contribution in [0.25, 0.3) is 11.1 Å². The van der Waals surface area contributed by atoms with Crippen LogP contribution < -0.4 is 10.2 Å². The molecule has 5 rings (SSSR count). The molecule has 0 aliphatic carbocycles. The number of hydrogen-bond donors (Lipinski definition) is 1. The maximum atomic E-state index is 14.1. The molecule has 1 amide bonds. The van der Waals surface area contributed by atoms with Gasteiger partial charge in [0.2, 0.25) is 5.91 Å². The molecule has 2 aliphatic heterocycles. The third-order valence-electron chi connectivity index (χ3n) is 7.36. The number of nitrogens with zero attached hydrogens (tertiary/aromatic N) is 3. The molecular weight excluding hydrogens is 525 g/mol. The fourth-order valence-corrected chi connectivity index (χ4v) is 5.71. The van der Waals surface area contributed by atoms with Gasteiger partial charge in [0.1, 0.15) is 6.04 Å². The van der Waals surface area contributed by atoms with E-state index in [4.69, 9.17) is 11.6 Å². The van der Waals surface area contributed by atoms with Crippen molar-refractivity contribution >= 4 is 35.2 Å². The second-order valence-electron chi connectivity index (χ2n) is 10.4. The molecule has 1 saturated heterocycles. The van der Waals surface area contributed by atoms with Gasteiger partial charge in [0.25, 0.3) is 0 Å². The van der Waals surface area contributed by atoms with Crippen molar-refractivity contribution < 1.29 is 18.0 Å². The molecule has 0 radical (unpaired) electrons. The molecule has 0 saturated carbocycles. The van der Waals surface area contributed by atoms with Crippen LogP contribution in [0.3, 0.4) is 0 Å². The molecule has 2 atom stereocenters. The first kappa shape index (κ1) is 27.2. The summed E-state index contributed by atoms with van der Waals surface area (Å²) in [4.78, 5) is 22.3. The fraction of sp³-hybridized carbons (Fsp3) is 0.333. The summed E-state index contributed by atoms with van der Waals surface area (Å²) in [5.41, 5.74) is 3.99. The lowest BCUT2D eigenvalue weighted by Gasteiger charge is -2.36. The lowest BCUT2D eigenvalue weighted by molar-refractivity contribution is -0.137. The van der Waals surface area contributed by atoms with E-state index in [0.29, 0.717) is 39.6 Å². The summed E-state index contributed by atoms with van der Waals surface area (Å²) in [6.07, 6.45) is -0.754. The summed E-state index contributed by atoms with van der Waals surface area (Å²) in [7, 11) is 1.79. The Morgan fingerprint density at radius 3 is 2.64 bits per heavy atom. The lowest BCUT2D eigenvalue weighted by atomic mass is 9.91. The summed E-state index contributed by atoms with van der Waals surface area (Å²) in [5.74, 6) is -0.132. The number of likely N-dealkylation sites (N-methyl/N-ethyl adjacent to an activating group) is 1. The van der Waals surface area contributed by atoms with Crippen LogP contribution in [0, 0.1) is 13.8 Å². The first-order chi connectivity index (χ1) is 18.5. The van der Waals surface area contributed by atoms with E-state index >= 15 is 0 Å². The Morgan fingerprint density at radius 1 is 1.15 bits per heavy atom. The number of alkyl halides is 3. The standard InChI is InChI=1S/C30H30ClF3N4O/c1-18-10-22(31)14-24(11-18)38-17-36-27-12-19(2)25(20-6-4-7-21(13-20)30(32,33)34)15-26(27)28(38)29(39)37(3)16-23-8-5-9-35-23/h4,6-7,10-15,17,23,28,35H,5,8-9,16H2,1-3H3/t23-,28?/m0/s1. The summed E-state index contributed by atoms with van der Waals surface area (Å²) in [6.45, 7) is 5.25. The normalized spacial score (nSPS) is 18.8. The Labute approximate surface area is 231 Å². The van der Waals surface area contributed by atoms with E-state index in [1.54, 1.807) is 35.3 Å². The van der Waals surface area contributed by atoms with E-state index < -0.39 is 17.8 Å². The molecule has 0 aromatic heterocycles. The van der Waals surface area contributed by atoms with E-state index in [1.165, 1.54) is 6.07 Å². The van der Waals surface area contributed by atoms with Gasteiger partial charge in [-0.25, -0.2) is 4.99 Å². The predicted molar refractivity (Wildman–Crippen MR) is 150 cm³/mol. The highest BCUT2D eigenvalue weighted by molar-refractivity contribution is 6.31. The number of halogens is 4. The lowest BCUT2D eigenvalue weighted by Crippen LogP contribution is -2.46. The van der Waals surface area contributed by atoms with Crippen LogP contribution in [0.4, 0.5) is 24.5 Å². The number of anilines is 1. The number of rotatable bonds is 5. The second-order valence-corrected chi connectivity index (χ2v) is 10.8. The van der Waals surface area contributed by atoms with Gasteiger partial charge < -0.3 is 15.1 Å². The second kappa shape index (κ2) is 10.7. The Morgan fingerprint density at radius 2 is 1.95 bits per heavy atom. The summed E-state index contributed by atoms with van der Waals surface area (Å²) in [5, 5.41) is 3.97. The molecule has 1 unspecified atom stereocenters. The Hall–Kier alpha value is -3.36. The van der Waals surface area contributed by atoms with Crippen LogP contribution in [0.5, 0.6) is 0 Å². The Kier molecular flexibility index (Phi) is 7.44. The van der Waals surface area contributed by atoms with Crippen LogP contribution in [-0.4, -0.2) is 43.3 Å². The molecule has 3 aromatic rings. The van der Waals surface area contributed by atoms with Gasteiger partial charge >= 0.3 is 6.18 Å². The van der Waals surface area contributed by atoms with E-state index in [0.717, 1.165) is 42.6 Å². The third-order valence-corrected chi connectivity index (χ3v) is 7.58. The number of aliphatic imine (C=N–C) groups is 1. The number of aryl methyl sites for hydroxylation is 2. The number of fused-ring (bicyclic) bond motifs is 1. The molecule has 204 valence electrons. The SMILES string of the molecule is Cc1cc(Cl)cc(N2C=Nc3cc(C)c(-c4cccc(C(F)(F)F)c4)cc3C2C(=O)N(C)C[C@@H]2CCCN2)c1. The zero-order valence-corrected chi connectivity index (χ0v) is 22.8. The molecule has 1 N–H and O–H groups in total. The van der Waals surface area contributed by atoms with E-state index in [-0.39, 0.29) is 11.9 Å². The van der Waals surface area contributed by atoms with Gasteiger partial charge in [0.15, 0.2) is 0 Å². The minimum Gasteiger partial charge on any atom is -0.342 e. The number of amides is 1. The van der Waals surface area contributed by atoms with Gasteiger partial charge in [-0.3, -0.25) is 4.79 Å². The first-order valence-corrected chi connectivity index (χ1v) is 13.3. The number of benzene rings is 3. The van der Waals surface area contributed by atoms with Crippen molar-refractivity contribution in [2.45, 2.75) is 44.9 Å². The molecule has 1 fully saturated rings. The van der Waals surface area contributed by atoms with E-state index in [1.807, 2.05) is 38.1 Å². The molecule has 9 heteroatoms. The van der Waals surface area contributed by atoms with Gasteiger partial charge in [-0.2, -0.15) is 13.2 Å². The third kappa shape index (κ3) is 5.68. The minimum absolute atomic E-state index is 0.132. The summed E-state index contributed by atoms with van der Waals surface area (Å²) < 4.78 is 40.5. The van der Waals surface area contributed by atoms with Gasteiger partial charge in [0, 0.05) is 35.9 Å². The summed E-state index contributed by atoms with van der Waals surface area (Å²) >= 11 is 6.38. The van der Waals surface area contributed by atoms with Crippen molar-refractivity contribution in [3.8, 4) is 11.1 Å². The van der Waals surface area contributed by atoms with Crippen LogP contribution in [-0.2, 0) is 11.0 Å². The number of nitrogens with one attached hydrogen (secondary N) is 1. The van der Waals surface area contributed by atoms with Gasteiger partial charge in [-0.1, -0.05) is 23.7 Å². The molecular formula is C30H30ClF3N4O. The zero-order chi connectivity index (χ0) is 27.9. The van der Waals surface area contributed by atoms with Gasteiger partial charge in [-0.05, 0) is 98.0 Å². The Balaban J connectivity index is 1.62. The average molecular weight is 555 g/mol. The quantitative estimate of drug-likeness (QED) is 0.367. The van der Waals surface area contributed by atoms with Crippen LogP contribution >= 0.6 is 11.6 Å². The highest BCUT2D eigenvalue weighted by atomic mass is 35.5. The highest BCUT2D eigenvalue weighted by Crippen LogP contribution is 2.42. The zero-order valence-electron chi connectivity index (χ0n) is 22.0. The molecule has 2 heterocycles. The maximum absolute atomic E-state index is 14.1. The number of carbonyl (C=O) groups is 1. The van der Waals surface area contributed by atoms with Crippen molar-refractivity contribution in [1.29, 1.82) is 0 Å². The fourth-order valence-electron chi connectivity index (χ4n) is 5.43. The minimum atomic E-state index is -4.46. The van der Waals surface area contributed by atoms with Crippen LogP contribution in [0.1, 0.15) is 41.1 Å². The largest absolute Gasteiger partial charge is 0.416 e. The Bertz CT molecular complexity index is 1410. The van der Waals surface area contributed by atoms with Gasteiger partial charge in [-0.15, -0.1) is 0 Å². The van der Waals surface area contributed by atoms with Crippen molar-refractivity contribution in [3.63, 3.8) is 0 Å². The van der Waals surface area contributed by atoms with Crippen molar-refractivity contribution in [3.05, 3.63) is 81.9 Å². The van der Waals surface area contributed by atoms with Crippen LogP contribution in [0.2, 0.25) is 5.02 Å². The molecule has 5 nitrogen and oxygen atoms in total. The highest BCUT2D eigenvalue weighted by Gasteiger charge is 2.36. The molecule has 0 bridgehead atoms. The molecule has 3 aromatic carbocycles. The van der Waals surface area contributed by atoms with E-state index in [9.17, 15) is 18.0 Å². The number of hydrogen-bond acceptors (Lipinski definition) is 4. The van der Waals surface area contributed by atoms with Crippen molar-refractivity contribution in [2.75, 3.05) is 25.0 Å². The topological polar surface area (TPSA) is 47.9 Å². The van der Waals surface area contributed by atoms with Crippen LogP contribution in [0.15, 0.2) is 59.6 Å². The number of carbonyl (C=O) groups excluding carboxylic acids is 1. The monoisotopic (exact) mass is 554 g/mol. The smallest absolute Gasteiger partial charge is 0.342 e. The first-order valence-electron chi connectivity index (χ1n) is 12.9. The molecule has 0 spiro atoms. The average Bonchev–Trinajstić information content (AvgIpc) is 3.39. The predicted octanol–water partition coefficient (Wildman–Crippen LogP) is 7.07. The van der Waals surface area contributed by atoms with Gasteiger partial charge in [0.05, 0.1) is 17.6 Å². The van der Waals surface area contributed by atoms with Crippen molar-refractivity contribution in [2.24, 2.45) is 4.99 Å². The van der Waals surface area contributed by atoms with Crippen molar-refractivity contribution in [1.82, 2.24) is 10.2 Å². The maximum Gasteiger partial charge on any atom is 0.416 e. The molecule has 2 aliphatic rings. The van der Waals surface area contributed by atoms with E-state index in [2.05, 4.69) is 10.3 Å².